The number of ether oxygens (including phenoxy) is 1. The molecule has 6 nitrogen and oxygen atoms in total. The van der Waals surface area contributed by atoms with Gasteiger partial charge in [-0.05, 0) is 37.6 Å². The van der Waals surface area contributed by atoms with Gasteiger partial charge in [0.15, 0.2) is 6.61 Å². The molecule has 0 aliphatic carbocycles. The van der Waals surface area contributed by atoms with Crippen LogP contribution < -0.4 is 20.7 Å². The van der Waals surface area contributed by atoms with E-state index in [1.807, 2.05) is 0 Å². The van der Waals surface area contributed by atoms with Crippen molar-refractivity contribution in [3.8, 4) is 5.75 Å². The average molecular weight is 275 g/mol. The summed E-state index contributed by atoms with van der Waals surface area (Å²) in [5.74, 6) is 0.463. The molecule has 0 radical (unpaired) electrons. The number of benzene rings is 1. The Labute approximate surface area is 116 Å². The molecule has 3 N–H and O–H groups in total. The summed E-state index contributed by atoms with van der Waals surface area (Å²) in [6, 6.07) is 5.26. The van der Waals surface area contributed by atoms with Gasteiger partial charge in [-0.15, -0.1) is 0 Å². The SMILES string of the molecule is O=C1COc2ccc(NC(=O)C3CCCNC3)cc2N1. The van der Waals surface area contributed by atoms with Crippen LogP contribution in [-0.2, 0) is 9.59 Å². The summed E-state index contributed by atoms with van der Waals surface area (Å²) in [6.45, 7) is 1.73. The van der Waals surface area contributed by atoms with E-state index in [0.717, 1.165) is 25.9 Å². The van der Waals surface area contributed by atoms with E-state index < -0.39 is 0 Å². The summed E-state index contributed by atoms with van der Waals surface area (Å²) in [7, 11) is 0. The zero-order valence-corrected chi connectivity index (χ0v) is 11.1. The van der Waals surface area contributed by atoms with Crippen molar-refractivity contribution in [3.63, 3.8) is 0 Å². The number of rotatable bonds is 2. The third-order valence-electron chi connectivity index (χ3n) is 3.55. The van der Waals surface area contributed by atoms with Crippen molar-refractivity contribution in [1.29, 1.82) is 0 Å². The molecule has 2 aliphatic rings. The van der Waals surface area contributed by atoms with Crippen LogP contribution in [0.4, 0.5) is 11.4 Å². The van der Waals surface area contributed by atoms with Gasteiger partial charge in [-0.1, -0.05) is 0 Å². The lowest BCUT2D eigenvalue weighted by Gasteiger charge is -2.23. The maximum absolute atomic E-state index is 12.1. The molecule has 3 rings (SSSR count). The largest absolute Gasteiger partial charge is 0.482 e. The summed E-state index contributed by atoms with van der Waals surface area (Å²) >= 11 is 0. The third kappa shape index (κ3) is 2.75. The van der Waals surface area contributed by atoms with Crippen LogP contribution in [0.3, 0.4) is 0 Å². The van der Waals surface area contributed by atoms with Crippen LogP contribution >= 0.6 is 0 Å². The molecular weight excluding hydrogens is 258 g/mol. The van der Waals surface area contributed by atoms with Gasteiger partial charge in [-0.25, -0.2) is 0 Å². The number of amides is 2. The summed E-state index contributed by atoms with van der Waals surface area (Å²) in [4.78, 5) is 23.4. The Hall–Kier alpha value is -2.08. The molecule has 1 saturated heterocycles. The normalized spacial score (nSPS) is 21.4. The molecule has 0 bridgehead atoms. The molecule has 1 aromatic carbocycles. The number of hydrogen-bond acceptors (Lipinski definition) is 4. The fourth-order valence-electron chi connectivity index (χ4n) is 2.48. The van der Waals surface area contributed by atoms with Gasteiger partial charge in [0.25, 0.3) is 5.91 Å². The van der Waals surface area contributed by atoms with Gasteiger partial charge in [-0.3, -0.25) is 9.59 Å². The van der Waals surface area contributed by atoms with Gasteiger partial charge in [-0.2, -0.15) is 0 Å². The summed E-state index contributed by atoms with van der Waals surface area (Å²) < 4.78 is 5.28. The van der Waals surface area contributed by atoms with E-state index in [1.165, 1.54) is 0 Å². The van der Waals surface area contributed by atoms with E-state index >= 15 is 0 Å². The van der Waals surface area contributed by atoms with Gasteiger partial charge < -0.3 is 20.7 Å². The number of hydrogen-bond donors (Lipinski definition) is 3. The minimum atomic E-state index is -0.183. The van der Waals surface area contributed by atoms with Crippen LogP contribution in [0.1, 0.15) is 12.8 Å². The third-order valence-corrected chi connectivity index (χ3v) is 3.55. The first-order valence-corrected chi connectivity index (χ1v) is 6.80. The van der Waals surface area contributed by atoms with Crippen molar-refractivity contribution in [2.45, 2.75) is 12.8 Å². The standard InChI is InChI=1S/C14H17N3O3/c18-13-8-20-12-4-3-10(6-11(12)17-13)16-14(19)9-2-1-5-15-7-9/h3-4,6,9,15H,1-2,5,7-8H2,(H,16,19)(H,17,18). The van der Waals surface area contributed by atoms with E-state index in [4.69, 9.17) is 4.74 Å². The van der Waals surface area contributed by atoms with Crippen LogP contribution in [0.2, 0.25) is 0 Å². The Morgan fingerprint density at radius 1 is 1.40 bits per heavy atom. The summed E-state index contributed by atoms with van der Waals surface area (Å²) in [5.41, 5.74) is 1.27. The minimum Gasteiger partial charge on any atom is -0.482 e. The maximum atomic E-state index is 12.1. The average Bonchev–Trinajstić information content (AvgIpc) is 2.47. The van der Waals surface area contributed by atoms with Crippen molar-refractivity contribution in [2.24, 2.45) is 5.92 Å². The summed E-state index contributed by atoms with van der Waals surface area (Å²) in [6.07, 6.45) is 1.93. The fourth-order valence-corrected chi connectivity index (χ4v) is 2.48. The second kappa shape index (κ2) is 5.50. The first kappa shape index (κ1) is 12.9. The fraction of sp³-hybridized carbons (Fsp3) is 0.429. The molecule has 6 heteroatoms. The van der Waals surface area contributed by atoms with Gasteiger partial charge in [0.2, 0.25) is 5.91 Å². The molecule has 1 atom stereocenters. The Morgan fingerprint density at radius 2 is 2.30 bits per heavy atom. The highest BCUT2D eigenvalue weighted by Crippen LogP contribution is 2.30. The predicted molar refractivity (Wildman–Crippen MR) is 74.8 cm³/mol. The van der Waals surface area contributed by atoms with Gasteiger partial charge in [0.05, 0.1) is 11.6 Å². The first-order valence-electron chi connectivity index (χ1n) is 6.80. The van der Waals surface area contributed by atoms with Crippen LogP contribution in [0.15, 0.2) is 18.2 Å². The number of nitrogens with one attached hydrogen (secondary N) is 3. The smallest absolute Gasteiger partial charge is 0.262 e. The van der Waals surface area contributed by atoms with Crippen molar-refractivity contribution >= 4 is 23.2 Å². The molecule has 20 heavy (non-hydrogen) atoms. The van der Waals surface area contributed by atoms with Crippen LogP contribution in [0.5, 0.6) is 5.75 Å². The highest BCUT2D eigenvalue weighted by Gasteiger charge is 2.22. The monoisotopic (exact) mass is 275 g/mol. The van der Waals surface area contributed by atoms with Crippen LogP contribution in [-0.4, -0.2) is 31.5 Å². The molecule has 106 valence electrons. The molecule has 2 aliphatic heterocycles. The highest BCUT2D eigenvalue weighted by molar-refractivity contribution is 5.98. The van der Waals surface area contributed by atoms with Gasteiger partial charge >= 0.3 is 0 Å². The minimum absolute atomic E-state index is 0.00521. The highest BCUT2D eigenvalue weighted by atomic mass is 16.5. The second-order valence-corrected chi connectivity index (χ2v) is 5.08. The van der Waals surface area contributed by atoms with Gasteiger partial charge in [0, 0.05) is 12.2 Å². The molecule has 2 amide bonds. The molecule has 1 fully saturated rings. The Balaban J connectivity index is 1.69. The quantitative estimate of drug-likeness (QED) is 0.751. The first-order chi connectivity index (χ1) is 9.72. The Morgan fingerprint density at radius 3 is 3.10 bits per heavy atom. The summed E-state index contributed by atoms with van der Waals surface area (Å²) in [5, 5.41) is 8.84. The van der Waals surface area contributed by atoms with Crippen molar-refractivity contribution in [1.82, 2.24) is 5.32 Å². The molecule has 1 unspecified atom stereocenters. The number of carbonyl (C=O) groups excluding carboxylic acids is 2. The molecule has 0 spiro atoms. The van der Waals surface area contributed by atoms with E-state index in [9.17, 15) is 9.59 Å². The Bertz CT molecular complexity index is 538. The zero-order chi connectivity index (χ0) is 13.9. The van der Waals surface area contributed by atoms with Crippen molar-refractivity contribution in [2.75, 3.05) is 30.3 Å². The van der Waals surface area contributed by atoms with E-state index in [-0.39, 0.29) is 24.3 Å². The maximum Gasteiger partial charge on any atom is 0.262 e. The topological polar surface area (TPSA) is 79.5 Å². The van der Waals surface area contributed by atoms with E-state index in [0.29, 0.717) is 17.1 Å². The van der Waals surface area contributed by atoms with Crippen LogP contribution in [0, 0.1) is 5.92 Å². The predicted octanol–water partition coefficient (Wildman–Crippen LogP) is 0.956. The molecule has 0 aromatic heterocycles. The van der Waals surface area contributed by atoms with E-state index in [1.54, 1.807) is 18.2 Å². The molecular formula is C14H17N3O3. The number of anilines is 2. The number of fused-ring (bicyclic) bond motifs is 1. The van der Waals surface area contributed by atoms with Crippen molar-refractivity contribution in [3.05, 3.63) is 18.2 Å². The molecule has 0 saturated carbocycles. The number of piperidine rings is 1. The Kier molecular flexibility index (Phi) is 3.56. The van der Waals surface area contributed by atoms with Gasteiger partial charge in [0.1, 0.15) is 5.75 Å². The lowest BCUT2D eigenvalue weighted by Crippen LogP contribution is -2.37. The number of carbonyl (C=O) groups is 2. The van der Waals surface area contributed by atoms with Crippen molar-refractivity contribution < 1.29 is 14.3 Å². The lowest BCUT2D eigenvalue weighted by atomic mass is 9.99. The van der Waals surface area contributed by atoms with Crippen LogP contribution in [0.25, 0.3) is 0 Å². The molecule has 2 heterocycles. The second-order valence-electron chi connectivity index (χ2n) is 5.08. The molecule has 1 aromatic rings. The van der Waals surface area contributed by atoms with E-state index in [2.05, 4.69) is 16.0 Å². The zero-order valence-electron chi connectivity index (χ0n) is 11.1. The lowest BCUT2D eigenvalue weighted by molar-refractivity contribution is -0.120.